The molecule has 3 N–H and O–H groups in total. The Morgan fingerprint density at radius 1 is 1.29 bits per heavy atom. The number of rotatable bonds is 8. The van der Waals surface area contributed by atoms with Gasteiger partial charge >= 0.3 is 0 Å². The Balaban J connectivity index is 1.56. The molecule has 1 aromatic carbocycles. The first-order valence-corrected chi connectivity index (χ1v) is 10.7. The number of carbonyl (C=O) groups excluding carboxylic acids is 1. The molecule has 3 rings (SSSR count). The maximum Gasteiger partial charge on any atom is 0.219 e. The van der Waals surface area contributed by atoms with Crippen molar-refractivity contribution in [1.29, 1.82) is 0 Å². The fourth-order valence-corrected chi connectivity index (χ4v) is 3.73. The van der Waals surface area contributed by atoms with Gasteiger partial charge in [-0.3, -0.25) is 9.79 Å². The van der Waals surface area contributed by atoms with E-state index in [4.69, 9.17) is 15.2 Å². The number of nitrogens with two attached hydrogens (primary N) is 1. The maximum absolute atomic E-state index is 11.3. The number of likely N-dealkylation sites (tertiary alicyclic amines) is 1. The number of aromatic nitrogens is 1. The molecule has 0 saturated carbocycles. The van der Waals surface area contributed by atoms with E-state index in [0.717, 1.165) is 43.2 Å². The van der Waals surface area contributed by atoms with Gasteiger partial charge in [0.25, 0.3) is 0 Å². The molecule has 1 atom stereocenters. The van der Waals surface area contributed by atoms with Crippen LogP contribution in [0.25, 0.3) is 0 Å². The highest BCUT2D eigenvalue weighted by molar-refractivity contribution is 5.80. The van der Waals surface area contributed by atoms with Crippen molar-refractivity contribution in [3.05, 3.63) is 48.2 Å². The number of piperidine rings is 1. The van der Waals surface area contributed by atoms with Crippen molar-refractivity contribution in [2.24, 2.45) is 16.6 Å². The number of amides is 1. The lowest BCUT2D eigenvalue weighted by Crippen LogP contribution is -2.46. The van der Waals surface area contributed by atoms with Crippen molar-refractivity contribution < 1.29 is 14.3 Å². The highest BCUT2D eigenvalue weighted by Crippen LogP contribution is 2.23. The van der Waals surface area contributed by atoms with Crippen LogP contribution in [0.15, 0.2) is 47.6 Å². The van der Waals surface area contributed by atoms with E-state index >= 15 is 0 Å². The molecule has 0 aliphatic carbocycles. The van der Waals surface area contributed by atoms with Crippen molar-refractivity contribution in [2.75, 3.05) is 26.7 Å². The predicted octanol–water partition coefficient (Wildman–Crippen LogP) is 2.94. The minimum absolute atomic E-state index is 0.244. The quantitative estimate of drug-likeness (QED) is 0.498. The Hall–Kier alpha value is -3.29. The number of guanidine groups is 1. The largest absolute Gasteiger partial charge is 0.494 e. The van der Waals surface area contributed by atoms with E-state index in [1.54, 1.807) is 13.2 Å². The van der Waals surface area contributed by atoms with E-state index in [1.165, 1.54) is 0 Å². The van der Waals surface area contributed by atoms with Gasteiger partial charge in [0.15, 0.2) is 5.96 Å². The molecule has 0 bridgehead atoms. The minimum Gasteiger partial charge on any atom is -0.494 e. The van der Waals surface area contributed by atoms with Gasteiger partial charge in [-0.15, -0.1) is 0 Å². The SMILES string of the molecule is CCOc1ccc(Oc2cc(CNC(=NC)N3CCCC(CC(N)=O)C3)ccn2)cc1. The summed E-state index contributed by atoms with van der Waals surface area (Å²) in [7, 11) is 1.77. The summed E-state index contributed by atoms with van der Waals surface area (Å²) in [5.41, 5.74) is 6.41. The van der Waals surface area contributed by atoms with Crippen LogP contribution in [0, 0.1) is 5.92 Å². The zero-order chi connectivity index (χ0) is 22.1. The highest BCUT2D eigenvalue weighted by Gasteiger charge is 2.23. The Kier molecular flexibility index (Phi) is 8.09. The molecule has 0 spiro atoms. The van der Waals surface area contributed by atoms with E-state index in [0.29, 0.717) is 31.2 Å². The number of benzene rings is 1. The number of ether oxygens (including phenoxy) is 2. The van der Waals surface area contributed by atoms with Crippen LogP contribution in [0.2, 0.25) is 0 Å². The van der Waals surface area contributed by atoms with Crippen molar-refractivity contribution in [3.63, 3.8) is 0 Å². The maximum atomic E-state index is 11.3. The molecule has 166 valence electrons. The Morgan fingerprint density at radius 3 is 2.77 bits per heavy atom. The van der Waals surface area contributed by atoms with Crippen LogP contribution in [-0.2, 0) is 11.3 Å². The van der Waals surface area contributed by atoms with Crippen LogP contribution in [0.3, 0.4) is 0 Å². The predicted molar refractivity (Wildman–Crippen MR) is 120 cm³/mol. The summed E-state index contributed by atoms with van der Waals surface area (Å²) >= 11 is 0. The molecular weight excluding hydrogens is 394 g/mol. The number of primary amides is 1. The van der Waals surface area contributed by atoms with E-state index in [9.17, 15) is 4.79 Å². The number of aliphatic imine (C=N–C) groups is 1. The monoisotopic (exact) mass is 425 g/mol. The number of nitrogens with one attached hydrogen (secondary N) is 1. The van der Waals surface area contributed by atoms with E-state index in [2.05, 4.69) is 20.2 Å². The third-order valence-electron chi connectivity index (χ3n) is 5.13. The first kappa shape index (κ1) is 22.4. The average molecular weight is 426 g/mol. The first-order valence-electron chi connectivity index (χ1n) is 10.7. The number of hydrogen-bond acceptors (Lipinski definition) is 5. The molecule has 1 aliphatic heterocycles. The van der Waals surface area contributed by atoms with Gasteiger partial charge < -0.3 is 25.4 Å². The van der Waals surface area contributed by atoms with Gasteiger partial charge in [-0.05, 0) is 61.6 Å². The molecule has 2 heterocycles. The normalized spacial score (nSPS) is 16.6. The molecule has 2 aromatic rings. The minimum atomic E-state index is -0.244. The summed E-state index contributed by atoms with van der Waals surface area (Å²) in [5, 5.41) is 3.40. The fourth-order valence-electron chi connectivity index (χ4n) is 3.73. The average Bonchev–Trinajstić information content (AvgIpc) is 2.76. The van der Waals surface area contributed by atoms with Crippen LogP contribution < -0.4 is 20.5 Å². The molecule has 1 amide bonds. The molecule has 1 unspecified atom stereocenters. The second kappa shape index (κ2) is 11.2. The van der Waals surface area contributed by atoms with Crippen LogP contribution in [-0.4, -0.2) is 48.5 Å². The molecule has 1 aromatic heterocycles. The van der Waals surface area contributed by atoms with E-state index in [1.807, 2.05) is 43.3 Å². The number of nitrogens with zero attached hydrogens (tertiary/aromatic N) is 3. The Labute approximate surface area is 183 Å². The van der Waals surface area contributed by atoms with Crippen molar-refractivity contribution >= 4 is 11.9 Å². The van der Waals surface area contributed by atoms with Crippen molar-refractivity contribution in [3.8, 4) is 17.4 Å². The van der Waals surface area contributed by atoms with Gasteiger partial charge in [-0.2, -0.15) is 0 Å². The van der Waals surface area contributed by atoms with Gasteiger partial charge in [-0.1, -0.05) is 0 Å². The Morgan fingerprint density at radius 2 is 2.06 bits per heavy atom. The summed E-state index contributed by atoms with van der Waals surface area (Å²) in [4.78, 5) is 22.2. The summed E-state index contributed by atoms with van der Waals surface area (Å²) < 4.78 is 11.3. The highest BCUT2D eigenvalue weighted by atomic mass is 16.5. The summed E-state index contributed by atoms with van der Waals surface area (Å²) in [6.45, 7) is 4.87. The molecule has 0 radical (unpaired) electrons. The van der Waals surface area contributed by atoms with Gasteiger partial charge in [0.05, 0.1) is 6.61 Å². The molecule has 8 nitrogen and oxygen atoms in total. The lowest BCUT2D eigenvalue weighted by molar-refractivity contribution is -0.119. The van der Waals surface area contributed by atoms with Gasteiger partial charge in [0.1, 0.15) is 11.5 Å². The zero-order valence-electron chi connectivity index (χ0n) is 18.2. The molecule has 8 heteroatoms. The smallest absolute Gasteiger partial charge is 0.219 e. The topological polar surface area (TPSA) is 102 Å². The summed E-state index contributed by atoms with van der Waals surface area (Å²) in [6, 6.07) is 11.3. The van der Waals surface area contributed by atoms with Crippen LogP contribution >= 0.6 is 0 Å². The second-order valence-corrected chi connectivity index (χ2v) is 7.53. The van der Waals surface area contributed by atoms with E-state index in [-0.39, 0.29) is 11.8 Å². The molecule has 1 saturated heterocycles. The fraction of sp³-hybridized carbons (Fsp3) is 0.435. The first-order chi connectivity index (χ1) is 15.1. The Bertz CT molecular complexity index is 885. The number of pyridine rings is 1. The summed E-state index contributed by atoms with van der Waals surface area (Å²) in [6.07, 6.45) is 4.19. The lowest BCUT2D eigenvalue weighted by Gasteiger charge is -2.34. The van der Waals surface area contributed by atoms with Crippen molar-refractivity contribution in [1.82, 2.24) is 15.2 Å². The van der Waals surface area contributed by atoms with Gasteiger partial charge in [0, 0.05) is 45.4 Å². The second-order valence-electron chi connectivity index (χ2n) is 7.53. The van der Waals surface area contributed by atoms with Crippen molar-refractivity contribution in [2.45, 2.75) is 32.7 Å². The van der Waals surface area contributed by atoms with Crippen LogP contribution in [0.5, 0.6) is 17.4 Å². The lowest BCUT2D eigenvalue weighted by atomic mass is 9.95. The van der Waals surface area contributed by atoms with Gasteiger partial charge in [0.2, 0.25) is 11.8 Å². The summed E-state index contributed by atoms with van der Waals surface area (Å²) in [5.74, 6) is 2.89. The van der Waals surface area contributed by atoms with Crippen LogP contribution in [0.4, 0.5) is 0 Å². The molecular formula is C23H31N5O3. The third kappa shape index (κ3) is 6.87. The van der Waals surface area contributed by atoms with E-state index < -0.39 is 0 Å². The molecule has 31 heavy (non-hydrogen) atoms. The molecule has 1 aliphatic rings. The third-order valence-corrected chi connectivity index (χ3v) is 5.13. The van der Waals surface area contributed by atoms with Gasteiger partial charge in [-0.25, -0.2) is 4.98 Å². The van der Waals surface area contributed by atoms with Crippen LogP contribution in [0.1, 0.15) is 31.7 Å². The molecule has 1 fully saturated rings. The number of hydrogen-bond donors (Lipinski definition) is 2. The standard InChI is InChI=1S/C23H31N5O3/c1-3-30-19-6-8-20(9-7-19)31-22-14-17(10-11-26-22)15-27-23(25-2)28-12-4-5-18(16-28)13-21(24)29/h6-11,14,18H,3-5,12-13,15-16H2,1-2H3,(H2,24,29)(H,25,27). The number of carbonyl (C=O) groups is 1. The zero-order valence-corrected chi connectivity index (χ0v) is 18.2.